The van der Waals surface area contributed by atoms with Crippen molar-refractivity contribution in [3.05, 3.63) is 27.9 Å². The fourth-order valence-corrected chi connectivity index (χ4v) is 4.91. The molecule has 3 aliphatic rings. The van der Waals surface area contributed by atoms with Gasteiger partial charge in [-0.15, -0.1) is 0 Å². The molecular weight excluding hydrogens is 336 g/mol. The maximum Gasteiger partial charge on any atom is 0.312 e. The van der Waals surface area contributed by atoms with E-state index in [-0.39, 0.29) is 11.5 Å². The highest BCUT2D eigenvalue weighted by Gasteiger charge is 2.58. The molecule has 3 saturated heterocycles. The van der Waals surface area contributed by atoms with Gasteiger partial charge in [-0.3, -0.25) is 19.4 Å². The van der Waals surface area contributed by atoms with Crippen molar-refractivity contribution in [2.75, 3.05) is 39.4 Å². The first-order valence-electron chi connectivity index (χ1n) is 9.31. The minimum absolute atomic E-state index is 0.117. The molecule has 4 heterocycles. The van der Waals surface area contributed by atoms with Gasteiger partial charge in [-0.25, -0.2) is 4.98 Å². The molecular formula is C18H26N4O4. The Kier molecular flexibility index (Phi) is 4.58. The molecule has 1 aromatic rings. The van der Waals surface area contributed by atoms with Gasteiger partial charge in [-0.05, 0) is 19.8 Å². The van der Waals surface area contributed by atoms with E-state index in [2.05, 4.69) is 19.8 Å². The van der Waals surface area contributed by atoms with Gasteiger partial charge in [0.05, 0.1) is 11.1 Å². The highest BCUT2D eigenvalue weighted by Crippen LogP contribution is 2.44. The Morgan fingerprint density at radius 3 is 2.81 bits per heavy atom. The third-order valence-corrected chi connectivity index (χ3v) is 6.14. The number of aliphatic carboxylic acids is 1. The van der Waals surface area contributed by atoms with Gasteiger partial charge in [0.15, 0.2) is 0 Å². The molecule has 26 heavy (non-hydrogen) atoms. The van der Waals surface area contributed by atoms with Crippen molar-refractivity contribution in [1.82, 2.24) is 19.8 Å². The summed E-state index contributed by atoms with van der Waals surface area (Å²) in [5, 5.41) is 10.0. The minimum Gasteiger partial charge on any atom is -0.481 e. The van der Waals surface area contributed by atoms with Crippen molar-refractivity contribution in [2.24, 2.45) is 11.3 Å². The van der Waals surface area contributed by atoms with Crippen LogP contribution in [0.2, 0.25) is 0 Å². The molecule has 3 aliphatic heterocycles. The van der Waals surface area contributed by atoms with Gasteiger partial charge in [-0.1, -0.05) is 0 Å². The molecule has 8 nitrogen and oxygen atoms in total. The molecule has 1 aromatic heterocycles. The van der Waals surface area contributed by atoms with Crippen LogP contribution < -0.4 is 5.56 Å². The Bertz CT molecular complexity index is 745. The molecule has 142 valence electrons. The zero-order valence-corrected chi connectivity index (χ0v) is 15.1. The van der Waals surface area contributed by atoms with Crippen LogP contribution in [0, 0.1) is 18.3 Å². The van der Waals surface area contributed by atoms with E-state index in [0.29, 0.717) is 37.2 Å². The molecule has 0 amide bonds. The van der Waals surface area contributed by atoms with Crippen molar-refractivity contribution in [1.29, 1.82) is 0 Å². The number of carbonyl (C=O) groups is 1. The first-order valence-corrected chi connectivity index (χ1v) is 9.31. The number of rotatable bonds is 4. The topological polar surface area (TPSA) is 98.8 Å². The molecule has 0 saturated carbocycles. The van der Waals surface area contributed by atoms with E-state index in [0.717, 1.165) is 39.1 Å². The minimum atomic E-state index is -0.714. The second kappa shape index (κ2) is 6.75. The number of nitrogens with one attached hydrogen (secondary N) is 1. The molecule has 2 unspecified atom stereocenters. The molecule has 0 aliphatic carbocycles. The molecule has 3 fully saturated rings. The molecule has 0 bridgehead atoms. The quantitative estimate of drug-likeness (QED) is 0.782. The van der Waals surface area contributed by atoms with Gasteiger partial charge < -0.3 is 14.8 Å². The van der Waals surface area contributed by atoms with E-state index in [9.17, 15) is 14.7 Å². The predicted octanol–water partition coefficient (Wildman–Crippen LogP) is 0.0757. The van der Waals surface area contributed by atoms with Gasteiger partial charge in [0, 0.05) is 64.0 Å². The predicted molar refractivity (Wildman–Crippen MR) is 93.8 cm³/mol. The Hall–Kier alpha value is -1.77. The monoisotopic (exact) mass is 362 g/mol. The number of H-pyrrole nitrogens is 1. The summed E-state index contributed by atoms with van der Waals surface area (Å²) in [5.41, 5.74) is -0.173. The summed E-state index contributed by atoms with van der Waals surface area (Å²) in [6, 6.07) is 1.94. The lowest BCUT2D eigenvalue weighted by molar-refractivity contribution is -0.149. The average molecular weight is 362 g/mol. The molecule has 8 heteroatoms. The number of fused-ring (bicyclic) bond motifs is 1. The van der Waals surface area contributed by atoms with E-state index in [4.69, 9.17) is 4.74 Å². The summed E-state index contributed by atoms with van der Waals surface area (Å²) in [4.78, 5) is 35.4. The van der Waals surface area contributed by atoms with Gasteiger partial charge in [-0.2, -0.15) is 0 Å². The maximum atomic E-state index is 12.2. The number of aromatic nitrogens is 2. The Morgan fingerprint density at radius 1 is 1.38 bits per heavy atom. The lowest BCUT2D eigenvalue weighted by atomic mass is 9.81. The molecule has 4 rings (SSSR count). The Labute approximate surface area is 152 Å². The van der Waals surface area contributed by atoms with E-state index < -0.39 is 11.4 Å². The van der Waals surface area contributed by atoms with Gasteiger partial charge in [0.1, 0.15) is 5.82 Å². The summed E-state index contributed by atoms with van der Waals surface area (Å²) in [6.07, 6.45) is 1.98. The maximum absolute atomic E-state index is 12.2. The van der Waals surface area contributed by atoms with Crippen LogP contribution in [0.3, 0.4) is 0 Å². The second-order valence-corrected chi connectivity index (χ2v) is 7.92. The van der Waals surface area contributed by atoms with E-state index in [1.807, 2.05) is 0 Å². The summed E-state index contributed by atoms with van der Waals surface area (Å²) in [5.74, 6) is 0.00563. The van der Waals surface area contributed by atoms with E-state index in [1.54, 1.807) is 6.92 Å². The number of aromatic amines is 1. The van der Waals surface area contributed by atoms with E-state index in [1.165, 1.54) is 6.07 Å². The van der Waals surface area contributed by atoms with Crippen molar-refractivity contribution in [3.63, 3.8) is 0 Å². The molecule has 2 atom stereocenters. The van der Waals surface area contributed by atoms with Crippen LogP contribution in [-0.4, -0.2) is 76.3 Å². The normalized spacial score (nSPS) is 30.6. The first-order chi connectivity index (χ1) is 12.5. The highest BCUT2D eigenvalue weighted by molar-refractivity contribution is 5.77. The summed E-state index contributed by atoms with van der Waals surface area (Å²) < 4.78 is 5.44. The second-order valence-electron chi connectivity index (χ2n) is 7.92. The Balaban J connectivity index is 1.48. The first kappa shape index (κ1) is 17.6. The summed E-state index contributed by atoms with van der Waals surface area (Å²) in [7, 11) is 0. The molecule has 0 spiro atoms. The SMILES string of the molecule is Cc1nc(CN2CC3CN(C4CCOCC4)CC3(C(=O)O)C2)cc(=O)[nH]1. The third kappa shape index (κ3) is 3.17. The summed E-state index contributed by atoms with van der Waals surface area (Å²) >= 11 is 0. The van der Waals surface area contributed by atoms with Crippen LogP contribution in [-0.2, 0) is 16.1 Å². The lowest BCUT2D eigenvalue weighted by Gasteiger charge is -2.33. The van der Waals surface area contributed by atoms with Crippen molar-refractivity contribution >= 4 is 5.97 Å². The van der Waals surface area contributed by atoms with E-state index >= 15 is 0 Å². The van der Waals surface area contributed by atoms with Crippen LogP contribution in [0.25, 0.3) is 0 Å². The highest BCUT2D eigenvalue weighted by atomic mass is 16.5. The van der Waals surface area contributed by atoms with Crippen LogP contribution in [0.4, 0.5) is 0 Å². The number of carboxylic acids is 1. The molecule has 0 radical (unpaired) electrons. The number of nitrogens with zero attached hydrogens (tertiary/aromatic N) is 3. The average Bonchev–Trinajstić information content (AvgIpc) is 3.09. The molecule has 2 N–H and O–H groups in total. The lowest BCUT2D eigenvalue weighted by Crippen LogP contribution is -2.44. The summed E-state index contributed by atoms with van der Waals surface area (Å²) in [6.45, 7) is 6.50. The largest absolute Gasteiger partial charge is 0.481 e. The van der Waals surface area contributed by atoms with Gasteiger partial charge in [0.2, 0.25) is 0 Å². The van der Waals surface area contributed by atoms with Crippen LogP contribution in [0.5, 0.6) is 0 Å². The standard InChI is InChI=1S/C18H26N4O4/c1-12-19-14(6-16(23)20-12)9-21-7-13-8-22(15-2-4-26-5-3-15)11-18(13,10-21)17(24)25/h6,13,15H,2-5,7-11H2,1H3,(H,24,25)(H,19,20,23). The zero-order chi connectivity index (χ0) is 18.3. The molecule has 0 aromatic carbocycles. The number of carboxylic acid groups (broad SMARTS) is 1. The Morgan fingerprint density at radius 2 is 2.15 bits per heavy atom. The van der Waals surface area contributed by atoms with Crippen molar-refractivity contribution < 1.29 is 14.6 Å². The number of hydrogen-bond acceptors (Lipinski definition) is 6. The van der Waals surface area contributed by atoms with Gasteiger partial charge >= 0.3 is 5.97 Å². The number of likely N-dealkylation sites (tertiary alicyclic amines) is 2. The number of ether oxygens (including phenoxy) is 1. The van der Waals surface area contributed by atoms with Crippen molar-refractivity contribution in [3.8, 4) is 0 Å². The fraction of sp³-hybridized carbons (Fsp3) is 0.722. The zero-order valence-electron chi connectivity index (χ0n) is 15.1. The van der Waals surface area contributed by atoms with Crippen molar-refractivity contribution in [2.45, 2.75) is 32.4 Å². The number of aryl methyl sites for hydroxylation is 1. The van der Waals surface area contributed by atoms with Gasteiger partial charge in [0.25, 0.3) is 5.56 Å². The number of hydrogen-bond donors (Lipinski definition) is 2. The smallest absolute Gasteiger partial charge is 0.312 e. The van der Waals surface area contributed by atoms with Crippen LogP contribution >= 0.6 is 0 Å². The van der Waals surface area contributed by atoms with Crippen LogP contribution in [0.15, 0.2) is 10.9 Å². The fourth-order valence-electron chi connectivity index (χ4n) is 4.91. The third-order valence-electron chi connectivity index (χ3n) is 6.14. The van der Waals surface area contributed by atoms with Crippen LogP contribution in [0.1, 0.15) is 24.4 Å².